The molecule has 2 unspecified atom stereocenters. The molecule has 0 amide bonds. The maximum absolute atomic E-state index is 5.71. The summed E-state index contributed by atoms with van der Waals surface area (Å²) in [5.74, 6) is 8.05. The lowest BCUT2D eigenvalue weighted by Gasteiger charge is -2.23. The molecule has 1 aliphatic carbocycles. The van der Waals surface area contributed by atoms with E-state index in [1.54, 1.807) is 0 Å². The van der Waals surface area contributed by atoms with Crippen LogP contribution >= 0.6 is 0 Å². The molecule has 2 atom stereocenters. The highest BCUT2D eigenvalue weighted by molar-refractivity contribution is 5.29. The Morgan fingerprint density at radius 3 is 2.22 bits per heavy atom. The fraction of sp³-hybridized carbons (Fsp3) is 0.600. The SMILES string of the molecule is CC(C)Oc1ccc(C(NN)C(C)C2CC2)cc1. The first-order chi connectivity index (χ1) is 8.61. The van der Waals surface area contributed by atoms with E-state index in [0.717, 1.165) is 11.7 Å². The van der Waals surface area contributed by atoms with Crippen LogP contribution in [0.25, 0.3) is 0 Å². The minimum absolute atomic E-state index is 0.213. The van der Waals surface area contributed by atoms with Crippen molar-refractivity contribution in [3.8, 4) is 5.75 Å². The number of hydrazine groups is 1. The van der Waals surface area contributed by atoms with Crippen LogP contribution in [-0.4, -0.2) is 6.10 Å². The fourth-order valence-corrected chi connectivity index (χ4v) is 2.47. The van der Waals surface area contributed by atoms with E-state index in [1.165, 1.54) is 18.4 Å². The van der Waals surface area contributed by atoms with Crippen LogP contribution in [-0.2, 0) is 0 Å². The third kappa shape index (κ3) is 3.24. The zero-order valence-electron chi connectivity index (χ0n) is 11.5. The molecule has 3 nitrogen and oxygen atoms in total. The first-order valence-electron chi connectivity index (χ1n) is 6.84. The number of hydrogen-bond donors (Lipinski definition) is 2. The highest BCUT2D eigenvalue weighted by atomic mass is 16.5. The lowest BCUT2D eigenvalue weighted by Crippen LogP contribution is -2.33. The van der Waals surface area contributed by atoms with Gasteiger partial charge in [0.15, 0.2) is 0 Å². The summed E-state index contributed by atoms with van der Waals surface area (Å²) in [6.07, 6.45) is 2.89. The van der Waals surface area contributed by atoms with E-state index in [2.05, 4.69) is 24.5 Å². The Kier molecular flexibility index (Phi) is 4.25. The van der Waals surface area contributed by atoms with Crippen LogP contribution in [0.2, 0.25) is 0 Å². The molecule has 0 saturated heterocycles. The van der Waals surface area contributed by atoms with E-state index in [-0.39, 0.29) is 12.1 Å². The molecule has 1 saturated carbocycles. The van der Waals surface area contributed by atoms with Gasteiger partial charge in [-0.2, -0.15) is 0 Å². The number of ether oxygens (including phenoxy) is 1. The number of benzene rings is 1. The summed E-state index contributed by atoms with van der Waals surface area (Å²) in [5.41, 5.74) is 4.20. The van der Waals surface area contributed by atoms with E-state index in [4.69, 9.17) is 10.6 Å². The number of hydrogen-bond acceptors (Lipinski definition) is 3. The molecule has 0 heterocycles. The Morgan fingerprint density at radius 2 is 1.78 bits per heavy atom. The summed E-state index contributed by atoms with van der Waals surface area (Å²) in [7, 11) is 0. The van der Waals surface area contributed by atoms with Crippen LogP contribution in [0.15, 0.2) is 24.3 Å². The largest absolute Gasteiger partial charge is 0.491 e. The predicted molar refractivity (Wildman–Crippen MR) is 74.2 cm³/mol. The number of nitrogens with two attached hydrogens (primary N) is 1. The van der Waals surface area contributed by atoms with Gasteiger partial charge in [-0.1, -0.05) is 19.1 Å². The molecule has 1 aromatic rings. The second-order valence-electron chi connectivity index (χ2n) is 5.58. The Hall–Kier alpha value is -1.06. The van der Waals surface area contributed by atoms with Gasteiger partial charge >= 0.3 is 0 Å². The summed E-state index contributed by atoms with van der Waals surface area (Å²) in [6.45, 7) is 6.35. The van der Waals surface area contributed by atoms with E-state index in [9.17, 15) is 0 Å². The second kappa shape index (κ2) is 5.72. The van der Waals surface area contributed by atoms with Crippen LogP contribution < -0.4 is 16.0 Å². The third-order valence-corrected chi connectivity index (χ3v) is 3.68. The summed E-state index contributed by atoms with van der Waals surface area (Å²) in [5, 5.41) is 0. The standard InChI is InChI=1S/C15H24N2O/c1-10(2)18-14-8-6-13(7-9-14)15(17-16)11(3)12-4-5-12/h6-12,15,17H,4-5,16H2,1-3H3. The summed E-state index contributed by atoms with van der Waals surface area (Å²) in [4.78, 5) is 0. The van der Waals surface area contributed by atoms with Crippen LogP contribution in [0.4, 0.5) is 0 Å². The molecule has 0 aliphatic heterocycles. The van der Waals surface area contributed by atoms with Gasteiger partial charge in [-0.05, 0) is 56.2 Å². The first-order valence-corrected chi connectivity index (χ1v) is 6.84. The average molecular weight is 248 g/mol. The molecule has 2 rings (SSSR count). The molecule has 1 fully saturated rings. The highest BCUT2D eigenvalue weighted by Gasteiger charge is 2.33. The summed E-state index contributed by atoms with van der Waals surface area (Å²) < 4.78 is 5.65. The lowest BCUT2D eigenvalue weighted by atomic mass is 9.91. The van der Waals surface area contributed by atoms with Gasteiger partial charge in [0.2, 0.25) is 0 Å². The van der Waals surface area contributed by atoms with Crippen molar-refractivity contribution in [2.24, 2.45) is 17.7 Å². The molecule has 1 aliphatic rings. The lowest BCUT2D eigenvalue weighted by molar-refractivity contribution is 0.242. The van der Waals surface area contributed by atoms with Gasteiger partial charge < -0.3 is 4.74 Å². The van der Waals surface area contributed by atoms with Crippen molar-refractivity contribution in [3.05, 3.63) is 29.8 Å². The monoisotopic (exact) mass is 248 g/mol. The van der Waals surface area contributed by atoms with Crippen LogP contribution in [0.3, 0.4) is 0 Å². The van der Waals surface area contributed by atoms with Gasteiger partial charge in [-0.15, -0.1) is 0 Å². The molecule has 18 heavy (non-hydrogen) atoms. The highest BCUT2D eigenvalue weighted by Crippen LogP contribution is 2.42. The Balaban J connectivity index is 2.06. The van der Waals surface area contributed by atoms with E-state index in [1.807, 2.05) is 26.0 Å². The first kappa shape index (κ1) is 13.4. The fourth-order valence-electron chi connectivity index (χ4n) is 2.47. The predicted octanol–water partition coefficient (Wildman–Crippen LogP) is 3.02. The van der Waals surface area contributed by atoms with Crippen LogP contribution in [0.5, 0.6) is 5.75 Å². The zero-order valence-corrected chi connectivity index (χ0v) is 11.5. The smallest absolute Gasteiger partial charge is 0.119 e. The minimum Gasteiger partial charge on any atom is -0.491 e. The molecule has 3 N–H and O–H groups in total. The second-order valence-corrected chi connectivity index (χ2v) is 5.58. The molecule has 0 bridgehead atoms. The van der Waals surface area contributed by atoms with Gasteiger partial charge in [0.05, 0.1) is 6.10 Å². The van der Waals surface area contributed by atoms with Crippen LogP contribution in [0, 0.1) is 11.8 Å². The van der Waals surface area contributed by atoms with Gasteiger partial charge in [-0.25, -0.2) is 0 Å². The molecule has 1 aromatic carbocycles. The van der Waals surface area contributed by atoms with E-state index < -0.39 is 0 Å². The molecule has 0 radical (unpaired) electrons. The average Bonchev–Trinajstić information content (AvgIpc) is 3.15. The Labute approximate surface area is 110 Å². The number of nitrogens with one attached hydrogen (secondary N) is 1. The summed E-state index contributed by atoms with van der Waals surface area (Å²) >= 11 is 0. The van der Waals surface area contributed by atoms with Crippen LogP contribution in [0.1, 0.15) is 45.2 Å². The van der Waals surface area contributed by atoms with Gasteiger partial charge in [0, 0.05) is 6.04 Å². The minimum atomic E-state index is 0.213. The van der Waals surface area contributed by atoms with Crippen molar-refractivity contribution in [3.63, 3.8) is 0 Å². The third-order valence-electron chi connectivity index (χ3n) is 3.68. The maximum atomic E-state index is 5.71. The van der Waals surface area contributed by atoms with Crippen molar-refractivity contribution in [2.45, 2.75) is 45.8 Å². The molecular weight excluding hydrogens is 224 g/mol. The zero-order chi connectivity index (χ0) is 13.1. The molecule has 100 valence electrons. The number of rotatable bonds is 6. The topological polar surface area (TPSA) is 47.3 Å². The quantitative estimate of drug-likeness (QED) is 0.601. The van der Waals surface area contributed by atoms with Gasteiger partial charge in [-0.3, -0.25) is 11.3 Å². The van der Waals surface area contributed by atoms with E-state index >= 15 is 0 Å². The van der Waals surface area contributed by atoms with Crippen molar-refractivity contribution >= 4 is 0 Å². The Morgan fingerprint density at radius 1 is 1.17 bits per heavy atom. The van der Waals surface area contributed by atoms with Crippen molar-refractivity contribution in [2.75, 3.05) is 0 Å². The molecule has 3 heteroatoms. The normalized spacial score (nSPS) is 18.7. The van der Waals surface area contributed by atoms with Gasteiger partial charge in [0.25, 0.3) is 0 Å². The molecular formula is C15H24N2O. The maximum Gasteiger partial charge on any atom is 0.119 e. The van der Waals surface area contributed by atoms with Crippen molar-refractivity contribution < 1.29 is 4.74 Å². The van der Waals surface area contributed by atoms with Gasteiger partial charge in [0.1, 0.15) is 5.75 Å². The van der Waals surface area contributed by atoms with Crippen molar-refractivity contribution in [1.29, 1.82) is 0 Å². The molecule has 0 spiro atoms. The van der Waals surface area contributed by atoms with E-state index in [0.29, 0.717) is 5.92 Å². The Bertz CT molecular complexity index is 371. The summed E-state index contributed by atoms with van der Waals surface area (Å²) in [6, 6.07) is 8.52. The molecule has 0 aromatic heterocycles. The van der Waals surface area contributed by atoms with Crippen molar-refractivity contribution in [1.82, 2.24) is 5.43 Å².